The molecule has 2 aliphatic rings. The van der Waals surface area contributed by atoms with Gasteiger partial charge in [-0.15, -0.1) is 0 Å². The van der Waals surface area contributed by atoms with Gasteiger partial charge in [-0.25, -0.2) is 0 Å². The summed E-state index contributed by atoms with van der Waals surface area (Å²) in [6.45, 7) is 9.02. The van der Waals surface area contributed by atoms with E-state index in [0.29, 0.717) is 19.4 Å². The van der Waals surface area contributed by atoms with Crippen LogP contribution in [0.1, 0.15) is 53.4 Å². The summed E-state index contributed by atoms with van der Waals surface area (Å²) in [7, 11) is 0. The summed E-state index contributed by atoms with van der Waals surface area (Å²) in [6.07, 6.45) is 3.37. The quantitative estimate of drug-likeness (QED) is 0.738. The minimum atomic E-state index is -0.549. The van der Waals surface area contributed by atoms with E-state index in [1.165, 1.54) is 0 Å². The van der Waals surface area contributed by atoms with Crippen molar-refractivity contribution in [1.29, 1.82) is 0 Å². The number of carbonyl (C=O) groups is 2. The Morgan fingerprint density at radius 1 is 1.23 bits per heavy atom. The number of nitrogens with zero attached hydrogens (tertiary/aromatic N) is 1. The van der Waals surface area contributed by atoms with E-state index in [0.717, 1.165) is 19.4 Å². The van der Waals surface area contributed by atoms with Crippen LogP contribution in [0.3, 0.4) is 0 Å². The first kappa shape index (κ1) is 17.2. The normalized spacial score (nSPS) is 27.7. The molecule has 2 rings (SSSR count). The molecule has 0 aromatic rings. The second-order valence-corrected chi connectivity index (χ2v) is 7.78. The number of ether oxygens (including phenoxy) is 1. The number of rotatable bonds is 2. The van der Waals surface area contributed by atoms with Crippen LogP contribution in [0.25, 0.3) is 0 Å². The fourth-order valence-corrected chi connectivity index (χ4v) is 4.10. The van der Waals surface area contributed by atoms with E-state index in [2.05, 4.69) is 5.32 Å². The molecule has 3 N–H and O–H groups in total. The fraction of sp³-hybridized carbons (Fsp3) is 0.875. The van der Waals surface area contributed by atoms with Crippen LogP contribution in [0.15, 0.2) is 0 Å². The molecule has 0 aliphatic carbocycles. The highest BCUT2D eigenvalue weighted by Gasteiger charge is 2.48. The van der Waals surface area contributed by atoms with Crippen molar-refractivity contribution < 1.29 is 14.3 Å². The average molecular weight is 311 g/mol. The van der Waals surface area contributed by atoms with Gasteiger partial charge in [-0.1, -0.05) is 0 Å². The van der Waals surface area contributed by atoms with Crippen LogP contribution in [0.2, 0.25) is 0 Å². The van der Waals surface area contributed by atoms with Gasteiger partial charge in [-0.05, 0) is 53.4 Å². The van der Waals surface area contributed by atoms with E-state index in [9.17, 15) is 9.59 Å². The second-order valence-electron chi connectivity index (χ2n) is 7.78. The lowest BCUT2D eigenvalue weighted by Gasteiger charge is -2.54. The van der Waals surface area contributed by atoms with Crippen LogP contribution < -0.4 is 11.1 Å². The first-order valence-electron chi connectivity index (χ1n) is 8.13. The molecule has 126 valence electrons. The van der Waals surface area contributed by atoms with Crippen LogP contribution in [0.5, 0.6) is 0 Å². The molecule has 0 radical (unpaired) electrons. The molecule has 0 spiro atoms. The van der Waals surface area contributed by atoms with Gasteiger partial charge in [0.05, 0.1) is 6.10 Å². The van der Waals surface area contributed by atoms with E-state index in [4.69, 9.17) is 10.5 Å². The highest BCUT2D eigenvalue weighted by Crippen LogP contribution is 2.37. The molecule has 2 fully saturated rings. The van der Waals surface area contributed by atoms with Crippen LogP contribution in [-0.2, 0) is 14.3 Å². The molecule has 1 atom stereocenters. The molecular formula is C16H29N3O3. The number of amides is 2. The van der Waals surface area contributed by atoms with Gasteiger partial charge >= 0.3 is 11.8 Å². The zero-order valence-electron chi connectivity index (χ0n) is 14.1. The van der Waals surface area contributed by atoms with Gasteiger partial charge in [0.25, 0.3) is 0 Å². The maximum absolute atomic E-state index is 12.7. The number of hydrogen-bond acceptors (Lipinski definition) is 4. The number of nitrogens with one attached hydrogen (secondary N) is 1. The summed E-state index contributed by atoms with van der Waals surface area (Å²) < 4.78 is 5.47. The predicted molar refractivity (Wildman–Crippen MR) is 84.2 cm³/mol. The molecule has 0 aromatic carbocycles. The highest BCUT2D eigenvalue weighted by molar-refractivity contribution is 6.35. The number of nitrogens with two attached hydrogens (primary N) is 1. The minimum absolute atomic E-state index is 0.0348. The largest absolute Gasteiger partial charge is 0.376 e. The van der Waals surface area contributed by atoms with Crippen molar-refractivity contribution in [1.82, 2.24) is 10.2 Å². The van der Waals surface area contributed by atoms with Gasteiger partial charge in [0.2, 0.25) is 0 Å². The molecule has 2 heterocycles. The van der Waals surface area contributed by atoms with Gasteiger partial charge < -0.3 is 20.7 Å². The minimum Gasteiger partial charge on any atom is -0.376 e. The second kappa shape index (κ2) is 6.16. The summed E-state index contributed by atoms with van der Waals surface area (Å²) >= 11 is 0. The first-order chi connectivity index (χ1) is 10.1. The molecule has 0 saturated carbocycles. The van der Waals surface area contributed by atoms with E-state index in [1.807, 2.05) is 27.7 Å². The van der Waals surface area contributed by atoms with Gasteiger partial charge in [0.1, 0.15) is 0 Å². The van der Waals surface area contributed by atoms with E-state index in [1.54, 1.807) is 4.90 Å². The molecule has 2 amide bonds. The molecule has 0 bridgehead atoms. The fourth-order valence-electron chi connectivity index (χ4n) is 4.10. The van der Waals surface area contributed by atoms with Gasteiger partial charge in [0, 0.05) is 30.3 Å². The van der Waals surface area contributed by atoms with Crippen molar-refractivity contribution in [3.8, 4) is 0 Å². The topological polar surface area (TPSA) is 84.7 Å². The predicted octanol–water partition coefficient (Wildman–Crippen LogP) is 0.789. The lowest BCUT2D eigenvalue weighted by atomic mass is 9.77. The lowest BCUT2D eigenvalue weighted by molar-refractivity contribution is -0.159. The summed E-state index contributed by atoms with van der Waals surface area (Å²) in [4.78, 5) is 26.6. The number of hydrogen-bond donors (Lipinski definition) is 2. The molecule has 0 aromatic heterocycles. The highest BCUT2D eigenvalue weighted by atomic mass is 16.5. The van der Waals surface area contributed by atoms with Crippen molar-refractivity contribution in [3.63, 3.8) is 0 Å². The van der Waals surface area contributed by atoms with E-state index < -0.39 is 22.9 Å². The Morgan fingerprint density at radius 3 is 2.32 bits per heavy atom. The lowest BCUT2D eigenvalue weighted by Crippen LogP contribution is -2.67. The van der Waals surface area contributed by atoms with Crippen molar-refractivity contribution in [2.45, 2.75) is 76.6 Å². The van der Waals surface area contributed by atoms with Gasteiger partial charge in [-0.2, -0.15) is 0 Å². The Labute approximate surface area is 132 Å². The van der Waals surface area contributed by atoms with Crippen molar-refractivity contribution in [2.75, 3.05) is 13.2 Å². The maximum atomic E-state index is 12.7. The third-order valence-corrected chi connectivity index (χ3v) is 4.65. The average Bonchev–Trinajstić information content (AvgIpc) is 2.84. The molecule has 2 saturated heterocycles. The number of carbonyl (C=O) groups excluding carboxylic acids is 2. The molecule has 2 aliphatic heterocycles. The van der Waals surface area contributed by atoms with E-state index in [-0.39, 0.29) is 12.1 Å². The van der Waals surface area contributed by atoms with Crippen LogP contribution >= 0.6 is 0 Å². The van der Waals surface area contributed by atoms with Crippen molar-refractivity contribution in [2.24, 2.45) is 5.73 Å². The Kier molecular flexibility index (Phi) is 4.82. The molecule has 1 unspecified atom stereocenters. The van der Waals surface area contributed by atoms with Crippen LogP contribution in [-0.4, -0.2) is 53.1 Å². The zero-order valence-corrected chi connectivity index (χ0v) is 14.1. The summed E-state index contributed by atoms with van der Waals surface area (Å²) in [6, 6.07) is 0.0454. The van der Waals surface area contributed by atoms with E-state index >= 15 is 0 Å². The van der Waals surface area contributed by atoms with Crippen LogP contribution in [0.4, 0.5) is 0 Å². The Morgan fingerprint density at radius 2 is 1.82 bits per heavy atom. The molecule has 6 nitrogen and oxygen atoms in total. The third-order valence-electron chi connectivity index (χ3n) is 4.65. The van der Waals surface area contributed by atoms with Gasteiger partial charge in [0.15, 0.2) is 0 Å². The summed E-state index contributed by atoms with van der Waals surface area (Å²) in [5.41, 5.74) is 5.25. The number of likely N-dealkylation sites (tertiary alicyclic amines) is 1. The molecular weight excluding hydrogens is 282 g/mol. The Hall–Kier alpha value is -1.14. The first-order valence-corrected chi connectivity index (χ1v) is 8.13. The van der Waals surface area contributed by atoms with Crippen molar-refractivity contribution in [3.05, 3.63) is 0 Å². The standard InChI is InChI=1S/C16H29N3O3/c1-15(2)8-11(17)9-16(3,4)19(15)14(21)13(20)18-10-12-6-5-7-22-12/h11-12H,5-10,17H2,1-4H3,(H,18,20). The molecule has 22 heavy (non-hydrogen) atoms. The number of piperidine rings is 1. The third kappa shape index (κ3) is 3.60. The monoisotopic (exact) mass is 311 g/mol. The Bertz CT molecular complexity index is 424. The zero-order chi connectivity index (χ0) is 16.5. The summed E-state index contributed by atoms with van der Waals surface area (Å²) in [5, 5.41) is 2.72. The van der Waals surface area contributed by atoms with Gasteiger partial charge in [-0.3, -0.25) is 9.59 Å². The van der Waals surface area contributed by atoms with Crippen LogP contribution in [0, 0.1) is 0 Å². The maximum Gasteiger partial charge on any atom is 0.312 e. The molecule has 6 heteroatoms. The van der Waals surface area contributed by atoms with Crippen molar-refractivity contribution >= 4 is 11.8 Å². The summed E-state index contributed by atoms with van der Waals surface area (Å²) in [5.74, 6) is -1.02. The SMILES string of the molecule is CC1(C)CC(N)CC(C)(C)N1C(=O)C(=O)NCC1CCCO1. The Balaban J connectivity index is 2.03. The smallest absolute Gasteiger partial charge is 0.312 e.